The molecule has 0 saturated heterocycles. The number of hydrogen-bond acceptors (Lipinski definition) is 2. The van der Waals surface area contributed by atoms with E-state index in [4.69, 9.17) is 5.11 Å². The van der Waals surface area contributed by atoms with Crippen molar-refractivity contribution in [1.29, 1.82) is 0 Å². The highest BCUT2D eigenvalue weighted by molar-refractivity contribution is 5.93. The second kappa shape index (κ2) is 7.12. The first-order chi connectivity index (χ1) is 9.32. The minimum atomic E-state index is -0.961. The number of carbonyl (C=O) groups is 2. The van der Waals surface area contributed by atoms with E-state index in [9.17, 15) is 9.59 Å². The van der Waals surface area contributed by atoms with Crippen molar-refractivity contribution in [2.24, 2.45) is 17.8 Å². The average Bonchev–Trinajstić information content (AvgIpc) is 2.75. The van der Waals surface area contributed by atoms with Crippen molar-refractivity contribution in [2.75, 3.05) is 6.54 Å². The van der Waals surface area contributed by atoms with Crippen LogP contribution in [0.3, 0.4) is 0 Å². The van der Waals surface area contributed by atoms with Gasteiger partial charge in [-0.3, -0.25) is 9.59 Å². The molecular formula is C15H24N2O3. The quantitative estimate of drug-likeness (QED) is 0.804. The van der Waals surface area contributed by atoms with E-state index in [1.54, 1.807) is 18.3 Å². The highest BCUT2D eigenvalue weighted by Crippen LogP contribution is 2.19. The van der Waals surface area contributed by atoms with Crippen molar-refractivity contribution >= 4 is 11.9 Å². The van der Waals surface area contributed by atoms with Crippen molar-refractivity contribution in [3.8, 4) is 0 Å². The number of amides is 1. The van der Waals surface area contributed by atoms with Crippen LogP contribution in [0.2, 0.25) is 0 Å². The van der Waals surface area contributed by atoms with Crippen LogP contribution < -0.4 is 5.32 Å². The molecule has 5 nitrogen and oxygen atoms in total. The number of aliphatic carboxylic acids is 1. The fourth-order valence-corrected chi connectivity index (χ4v) is 2.45. The van der Waals surface area contributed by atoms with E-state index in [1.165, 1.54) is 4.57 Å². The molecule has 0 aliphatic rings. The third kappa shape index (κ3) is 4.40. The Labute approximate surface area is 120 Å². The topological polar surface area (TPSA) is 71.3 Å². The number of carboxylic acid groups (broad SMARTS) is 1. The highest BCUT2D eigenvalue weighted by atomic mass is 16.4. The first-order valence-electron chi connectivity index (χ1n) is 6.98. The van der Waals surface area contributed by atoms with Crippen molar-refractivity contribution in [3.63, 3.8) is 0 Å². The summed E-state index contributed by atoms with van der Waals surface area (Å²) in [4.78, 5) is 22.9. The van der Waals surface area contributed by atoms with Gasteiger partial charge >= 0.3 is 5.97 Å². The molecule has 0 aliphatic carbocycles. The monoisotopic (exact) mass is 280 g/mol. The van der Waals surface area contributed by atoms with E-state index in [0.29, 0.717) is 30.0 Å². The molecule has 0 saturated carbocycles. The van der Waals surface area contributed by atoms with E-state index in [2.05, 4.69) is 33.0 Å². The number of nitrogens with zero attached hydrogens (tertiary/aromatic N) is 1. The summed E-state index contributed by atoms with van der Waals surface area (Å²) in [7, 11) is 0. The first-order valence-corrected chi connectivity index (χ1v) is 6.98. The van der Waals surface area contributed by atoms with Gasteiger partial charge in [0.25, 0.3) is 5.91 Å². The zero-order valence-electron chi connectivity index (χ0n) is 12.6. The molecule has 1 amide bonds. The highest BCUT2D eigenvalue weighted by Gasteiger charge is 2.19. The molecule has 1 rings (SSSR count). The van der Waals surface area contributed by atoms with Crippen LogP contribution in [0.15, 0.2) is 18.3 Å². The summed E-state index contributed by atoms with van der Waals surface area (Å²) in [5, 5.41) is 11.7. The molecule has 0 spiro atoms. The molecule has 0 bridgehead atoms. The third-order valence-corrected chi connectivity index (χ3v) is 3.58. The Hall–Kier alpha value is -1.78. The van der Waals surface area contributed by atoms with Crippen LogP contribution >= 0.6 is 0 Å². The van der Waals surface area contributed by atoms with Gasteiger partial charge in [-0.25, -0.2) is 0 Å². The zero-order chi connectivity index (χ0) is 15.3. The minimum Gasteiger partial charge on any atom is -0.480 e. The molecule has 0 atom stereocenters. The van der Waals surface area contributed by atoms with Crippen LogP contribution in [-0.4, -0.2) is 28.1 Å². The fourth-order valence-electron chi connectivity index (χ4n) is 2.45. The fraction of sp³-hybridized carbons (Fsp3) is 0.600. The number of carboxylic acids is 1. The summed E-state index contributed by atoms with van der Waals surface area (Å²) < 4.78 is 1.44. The summed E-state index contributed by atoms with van der Waals surface area (Å²) in [6, 6.07) is 3.32. The van der Waals surface area contributed by atoms with Gasteiger partial charge in [0.1, 0.15) is 12.2 Å². The minimum absolute atomic E-state index is 0.201. The van der Waals surface area contributed by atoms with Gasteiger partial charge in [-0.2, -0.15) is 0 Å². The second-order valence-electron chi connectivity index (χ2n) is 5.78. The molecule has 0 aliphatic heterocycles. The number of carbonyl (C=O) groups excluding carboxylic acids is 1. The van der Waals surface area contributed by atoms with Crippen LogP contribution in [0.25, 0.3) is 0 Å². The second-order valence-corrected chi connectivity index (χ2v) is 5.78. The van der Waals surface area contributed by atoms with Gasteiger partial charge in [-0.15, -0.1) is 0 Å². The Balaban J connectivity index is 2.67. The van der Waals surface area contributed by atoms with Crippen LogP contribution in [0.1, 0.15) is 38.2 Å². The first kappa shape index (κ1) is 16.3. The average molecular weight is 280 g/mol. The Morgan fingerprint density at radius 1 is 1.25 bits per heavy atom. The molecule has 0 fully saturated rings. The van der Waals surface area contributed by atoms with Gasteiger partial charge in [-0.1, -0.05) is 27.7 Å². The standard InChI is InChI=1S/C15H24N2O3/c1-10(2)12(11(3)4)8-16-15(20)13-6-5-7-17(13)9-14(18)19/h5-7,10-12H,8-9H2,1-4H3,(H,16,20)(H,18,19). The van der Waals surface area contributed by atoms with Gasteiger partial charge in [-0.05, 0) is 29.9 Å². The van der Waals surface area contributed by atoms with Crippen LogP contribution in [-0.2, 0) is 11.3 Å². The summed E-state index contributed by atoms with van der Waals surface area (Å²) in [6.45, 7) is 8.97. The van der Waals surface area contributed by atoms with Crippen LogP contribution in [0.4, 0.5) is 0 Å². The molecule has 1 heterocycles. The third-order valence-electron chi connectivity index (χ3n) is 3.58. The lowest BCUT2D eigenvalue weighted by molar-refractivity contribution is -0.137. The molecule has 2 N–H and O–H groups in total. The molecule has 1 aromatic heterocycles. The summed E-state index contributed by atoms with van der Waals surface area (Å²) in [5.41, 5.74) is 0.388. The van der Waals surface area contributed by atoms with Crippen molar-refractivity contribution in [2.45, 2.75) is 34.2 Å². The van der Waals surface area contributed by atoms with Crippen molar-refractivity contribution in [1.82, 2.24) is 9.88 Å². The molecular weight excluding hydrogens is 256 g/mol. The van der Waals surface area contributed by atoms with E-state index in [-0.39, 0.29) is 12.5 Å². The normalized spacial score (nSPS) is 11.3. The number of nitrogens with one attached hydrogen (secondary N) is 1. The van der Waals surface area contributed by atoms with Crippen LogP contribution in [0.5, 0.6) is 0 Å². The number of aromatic nitrogens is 1. The molecule has 5 heteroatoms. The Bertz CT molecular complexity index is 455. The number of rotatable bonds is 7. The van der Waals surface area contributed by atoms with Gasteiger partial charge in [0.05, 0.1) is 0 Å². The van der Waals surface area contributed by atoms with E-state index < -0.39 is 5.97 Å². The lowest BCUT2D eigenvalue weighted by atomic mass is 9.85. The van der Waals surface area contributed by atoms with Crippen molar-refractivity contribution < 1.29 is 14.7 Å². The smallest absolute Gasteiger partial charge is 0.323 e. The van der Waals surface area contributed by atoms with E-state index >= 15 is 0 Å². The van der Waals surface area contributed by atoms with Gasteiger partial charge in [0, 0.05) is 12.7 Å². The van der Waals surface area contributed by atoms with E-state index in [1.807, 2.05) is 0 Å². The molecule has 20 heavy (non-hydrogen) atoms. The van der Waals surface area contributed by atoms with Gasteiger partial charge in [0.2, 0.25) is 0 Å². The molecule has 0 radical (unpaired) electrons. The molecule has 0 aromatic carbocycles. The lowest BCUT2D eigenvalue weighted by Gasteiger charge is -2.25. The zero-order valence-corrected chi connectivity index (χ0v) is 12.6. The Morgan fingerprint density at radius 3 is 2.35 bits per heavy atom. The maximum atomic E-state index is 12.1. The van der Waals surface area contributed by atoms with E-state index in [0.717, 1.165) is 0 Å². The summed E-state index contributed by atoms with van der Waals surface area (Å²) in [6.07, 6.45) is 1.60. The predicted octanol–water partition coefficient (Wildman–Crippen LogP) is 2.23. The summed E-state index contributed by atoms with van der Waals surface area (Å²) >= 11 is 0. The number of hydrogen-bond donors (Lipinski definition) is 2. The van der Waals surface area contributed by atoms with Crippen LogP contribution in [0, 0.1) is 17.8 Å². The SMILES string of the molecule is CC(C)C(CNC(=O)c1cccn1CC(=O)O)C(C)C. The maximum absolute atomic E-state index is 12.1. The molecule has 112 valence electrons. The maximum Gasteiger partial charge on any atom is 0.323 e. The molecule has 0 unspecified atom stereocenters. The predicted molar refractivity (Wildman–Crippen MR) is 77.6 cm³/mol. The largest absolute Gasteiger partial charge is 0.480 e. The molecule has 1 aromatic rings. The Kier molecular flexibility index (Phi) is 5.80. The van der Waals surface area contributed by atoms with Gasteiger partial charge < -0.3 is 15.0 Å². The van der Waals surface area contributed by atoms with Crippen molar-refractivity contribution in [3.05, 3.63) is 24.0 Å². The summed E-state index contributed by atoms with van der Waals surface area (Å²) in [5.74, 6) is 0.198. The Morgan fingerprint density at radius 2 is 1.85 bits per heavy atom. The lowest BCUT2D eigenvalue weighted by Crippen LogP contribution is -2.35. The van der Waals surface area contributed by atoms with Gasteiger partial charge in [0.15, 0.2) is 0 Å².